The zero-order valence-corrected chi connectivity index (χ0v) is 17.0. The summed E-state index contributed by atoms with van der Waals surface area (Å²) in [5.41, 5.74) is 2.78. The molecule has 150 valence electrons. The predicted molar refractivity (Wildman–Crippen MR) is 111 cm³/mol. The minimum absolute atomic E-state index is 0.127. The standard InChI is InChI=1S/C22H29N3O3/c1-5-27-21-12-17-11-15(2)28-20(17)13-18(21)23-22(26)24-19(14-25(3)4)16-9-7-6-8-10-16/h6-10,12-13,15,19H,5,11,14H2,1-4H3,(H2,23,24,26). The number of nitrogens with zero attached hydrogens (tertiary/aromatic N) is 1. The summed E-state index contributed by atoms with van der Waals surface area (Å²) in [5, 5.41) is 6.01. The molecular weight excluding hydrogens is 354 g/mol. The molecule has 2 amide bonds. The quantitative estimate of drug-likeness (QED) is 0.763. The number of hydrogen-bond donors (Lipinski definition) is 2. The highest BCUT2D eigenvalue weighted by atomic mass is 16.5. The molecule has 28 heavy (non-hydrogen) atoms. The maximum absolute atomic E-state index is 12.8. The van der Waals surface area contributed by atoms with Gasteiger partial charge in [-0.05, 0) is 39.6 Å². The third-order valence-corrected chi connectivity index (χ3v) is 4.60. The normalized spacial score (nSPS) is 16.2. The highest BCUT2D eigenvalue weighted by Crippen LogP contribution is 2.38. The van der Waals surface area contributed by atoms with Crippen LogP contribution >= 0.6 is 0 Å². The van der Waals surface area contributed by atoms with Crippen LogP contribution in [0.15, 0.2) is 42.5 Å². The van der Waals surface area contributed by atoms with Gasteiger partial charge in [0.25, 0.3) is 0 Å². The molecular formula is C22H29N3O3. The van der Waals surface area contributed by atoms with Crippen molar-refractivity contribution < 1.29 is 14.3 Å². The fourth-order valence-electron chi connectivity index (χ4n) is 3.41. The second kappa shape index (κ2) is 8.97. The Morgan fingerprint density at radius 1 is 1.29 bits per heavy atom. The van der Waals surface area contributed by atoms with Crippen molar-refractivity contribution in [3.05, 3.63) is 53.6 Å². The van der Waals surface area contributed by atoms with Crippen molar-refractivity contribution in [2.75, 3.05) is 32.6 Å². The van der Waals surface area contributed by atoms with Gasteiger partial charge in [-0.1, -0.05) is 30.3 Å². The van der Waals surface area contributed by atoms with Gasteiger partial charge in [0.2, 0.25) is 0 Å². The molecule has 2 aromatic carbocycles. The van der Waals surface area contributed by atoms with Crippen molar-refractivity contribution in [2.24, 2.45) is 0 Å². The van der Waals surface area contributed by atoms with E-state index in [1.165, 1.54) is 0 Å². The van der Waals surface area contributed by atoms with Gasteiger partial charge < -0.3 is 25.0 Å². The number of amides is 2. The van der Waals surface area contributed by atoms with Crippen molar-refractivity contribution in [1.29, 1.82) is 0 Å². The Bertz CT molecular complexity index is 808. The number of anilines is 1. The van der Waals surface area contributed by atoms with Crippen LogP contribution in [0.2, 0.25) is 0 Å². The summed E-state index contributed by atoms with van der Waals surface area (Å²) < 4.78 is 11.6. The lowest BCUT2D eigenvalue weighted by molar-refractivity contribution is 0.244. The van der Waals surface area contributed by atoms with E-state index in [2.05, 4.69) is 10.6 Å². The lowest BCUT2D eigenvalue weighted by Gasteiger charge is -2.23. The van der Waals surface area contributed by atoms with Gasteiger partial charge in [-0.2, -0.15) is 0 Å². The Morgan fingerprint density at radius 3 is 2.71 bits per heavy atom. The van der Waals surface area contributed by atoms with Crippen LogP contribution in [0.3, 0.4) is 0 Å². The molecule has 3 rings (SSSR count). The molecule has 0 aliphatic carbocycles. The average molecular weight is 383 g/mol. The van der Waals surface area contributed by atoms with E-state index < -0.39 is 0 Å². The van der Waals surface area contributed by atoms with Gasteiger partial charge in [-0.15, -0.1) is 0 Å². The molecule has 0 saturated heterocycles. The van der Waals surface area contributed by atoms with Crippen LogP contribution in [-0.4, -0.2) is 44.3 Å². The summed E-state index contributed by atoms with van der Waals surface area (Å²) in [4.78, 5) is 14.8. The summed E-state index contributed by atoms with van der Waals surface area (Å²) in [6.45, 7) is 5.18. The number of nitrogens with one attached hydrogen (secondary N) is 2. The molecule has 1 aliphatic rings. The van der Waals surface area contributed by atoms with E-state index in [-0.39, 0.29) is 18.2 Å². The summed E-state index contributed by atoms with van der Waals surface area (Å²) >= 11 is 0. The van der Waals surface area contributed by atoms with Crippen LogP contribution in [0.25, 0.3) is 0 Å². The van der Waals surface area contributed by atoms with Gasteiger partial charge in [0.1, 0.15) is 17.6 Å². The summed E-state index contributed by atoms with van der Waals surface area (Å²) in [6, 6.07) is 13.4. The first-order chi connectivity index (χ1) is 13.5. The van der Waals surface area contributed by atoms with E-state index in [0.29, 0.717) is 24.6 Å². The SMILES string of the molecule is CCOc1cc2c(cc1NC(=O)NC(CN(C)C)c1ccccc1)OC(C)C2. The maximum atomic E-state index is 12.8. The van der Waals surface area contributed by atoms with E-state index in [1.54, 1.807) is 0 Å². The summed E-state index contributed by atoms with van der Waals surface area (Å²) in [5.74, 6) is 1.47. The molecule has 0 radical (unpaired) electrons. The minimum Gasteiger partial charge on any atom is -0.492 e. The molecule has 0 bridgehead atoms. The second-order valence-corrected chi connectivity index (χ2v) is 7.35. The first kappa shape index (κ1) is 20.0. The number of benzene rings is 2. The third kappa shape index (κ3) is 4.95. The Morgan fingerprint density at radius 2 is 2.04 bits per heavy atom. The number of hydrogen-bond acceptors (Lipinski definition) is 4. The number of rotatable bonds is 7. The monoisotopic (exact) mass is 383 g/mol. The number of fused-ring (bicyclic) bond motifs is 1. The smallest absolute Gasteiger partial charge is 0.319 e. The molecule has 0 fully saturated rings. The highest BCUT2D eigenvalue weighted by molar-refractivity contribution is 5.91. The fraction of sp³-hybridized carbons (Fsp3) is 0.409. The van der Waals surface area contributed by atoms with Gasteiger partial charge in [0.15, 0.2) is 0 Å². The summed E-state index contributed by atoms with van der Waals surface area (Å²) in [6.07, 6.45) is 0.983. The first-order valence-corrected chi connectivity index (χ1v) is 9.69. The average Bonchev–Trinajstić information content (AvgIpc) is 3.01. The van der Waals surface area contributed by atoms with E-state index in [4.69, 9.17) is 9.47 Å². The van der Waals surface area contributed by atoms with Crippen LogP contribution in [-0.2, 0) is 6.42 Å². The van der Waals surface area contributed by atoms with Gasteiger partial charge in [-0.3, -0.25) is 0 Å². The molecule has 2 atom stereocenters. The first-order valence-electron chi connectivity index (χ1n) is 9.69. The molecule has 0 aromatic heterocycles. The topological polar surface area (TPSA) is 62.8 Å². The number of carbonyl (C=O) groups excluding carboxylic acids is 1. The number of likely N-dealkylation sites (N-methyl/N-ethyl adjacent to an activating group) is 1. The second-order valence-electron chi connectivity index (χ2n) is 7.35. The Kier molecular flexibility index (Phi) is 6.41. The molecule has 2 N–H and O–H groups in total. The van der Waals surface area contributed by atoms with E-state index in [0.717, 1.165) is 23.3 Å². The molecule has 6 nitrogen and oxygen atoms in total. The molecule has 2 unspecified atom stereocenters. The molecule has 1 aliphatic heterocycles. The zero-order valence-electron chi connectivity index (χ0n) is 17.0. The number of carbonyl (C=O) groups is 1. The van der Waals surface area contributed by atoms with Gasteiger partial charge in [0.05, 0.1) is 18.3 Å². The lowest BCUT2D eigenvalue weighted by atomic mass is 10.1. The van der Waals surface area contributed by atoms with Crippen molar-refractivity contribution in [3.8, 4) is 11.5 Å². The van der Waals surface area contributed by atoms with Crippen molar-refractivity contribution >= 4 is 11.7 Å². The lowest BCUT2D eigenvalue weighted by Crippen LogP contribution is -2.37. The van der Waals surface area contributed by atoms with Crippen LogP contribution in [0.5, 0.6) is 11.5 Å². The van der Waals surface area contributed by atoms with Gasteiger partial charge >= 0.3 is 6.03 Å². The Balaban J connectivity index is 1.77. The molecule has 6 heteroatoms. The molecule has 2 aromatic rings. The van der Waals surface area contributed by atoms with E-state index in [1.807, 2.05) is 75.3 Å². The van der Waals surface area contributed by atoms with Crippen molar-refractivity contribution in [3.63, 3.8) is 0 Å². The van der Waals surface area contributed by atoms with Crippen LogP contribution in [0, 0.1) is 0 Å². The molecule has 1 heterocycles. The van der Waals surface area contributed by atoms with Crippen molar-refractivity contribution in [1.82, 2.24) is 10.2 Å². The number of urea groups is 1. The van der Waals surface area contributed by atoms with E-state index >= 15 is 0 Å². The predicted octanol–water partition coefficient (Wildman–Crippen LogP) is 3.83. The Hall–Kier alpha value is -2.73. The minimum atomic E-state index is -0.275. The highest BCUT2D eigenvalue weighted by Gasteiger charge is 2.23. The fourth-order valence-corrected chi connectivity index (χ4v) is 3.41. The van der Waals surface area contributed by atoms with Crippen LogP contribution in [0.1, 0.15) is 31.0 Å². The van der Waals surface area contributed by atoms with Gasteiger partial charge in [-0.25, -0.2) is 4.79 Å². The zero-order chi connectivity index (χ0) is 20.1. The maximum Gasteiger partial charge on any atom is 0.319 e. The largest absolute Gasteiger partial charge is 0.492 e. The third-order valence-electron chi connectivity index (χ3n) is 4.60. The summed E-state index contributed by atoms with van der Waals surface area (Å²) in [7, 11) is 3.98. The van der Waals surface area contributed by atoms with Gasteiger partial charge in [0, 0.05) is 24.6 Å². The van der Waals surface area contributed by atoms with Crippen LogP contribution in [0.4, 0.5) is 10.5 Å². The Labute approximate surface area is 166 Å². The van der Waals surface area contributed by atoms with Crippen molar-refractivity contribution in [2.45, 2.75) is 32.4 Å². The molecule has 0 spiro atoms. The number of ether oxygens (including phenoxy) is 2. The molecule has 0 saturated carbocycles. The van der Waals surface area contributed by atoms with E-state index in [9.17, 15) is 4.79 Å². The van der Waals surface area contributed by atoms with Crippen LogP contribution < -0.4 is 20.1 Å².